The molecule has 1 N–H and O–H groups in total. The summed E-state index contributed by atoms with van der Waals surface area (Å²) in [7, 11) is 0. The summed E-state index contributed by atoms with van der Waals surface area (Å²) in [6, 6.07) is 2.29. The molecule has 5 nitrogen and oxygen atoms in total. The Bertz CT molecular complexity index is 326. The monoisotopic (exact) mass is 222 g/mol. The average Bonchev–Trinajstić information content (AvgIpc) is 2.76. The van der Waals surface area contributed by atoms with Gasteiger partial charge in [-0.2, -0.15) is 10.2 Å². The van der Waals surface area contributed by atoms with Gasteiger partial charge >= 0.3 is 0 Å². The van der Waals surface area contributed by atoms with E-state index in [0.29, 0.717) is 0 Å². The molecule has 0 aliphatic heterocycles. The van der Waals surface area contributed by atoms with Gasteiger partial charge in [0.2, 0.25) is 6.39 Å². The van der Waals surface area contributed by atoms with Crippen LogP contribution in [0.3, 0.4) is 0 Å². The molecule has 0 radical (unpaired) electrons. The maximum atomic E-state index is 8.82. The van der Waals surface area contributed by atoms with Gasteiger partial charge in [0.05, 0.1) is 11.5 Å². The molecule has 1 heterocycles. The molecule has 5 heteroatoms. The molecule has 0 spiro atoms. The van der Waals surface area contributed by atoms with E-state index < -0.39 is 0 Å². The Hall–Kier alpha value is -1.41. The van der Waals surface area contributed by atoms with Crippen LogP contribution >= 0.6 is 0 Å². The summed E-state index contributed by atoms with van der Waals surface area (Å²) in [5, 5.41) is 15.8. The molecule has 0 bridgehead atoms. The van der Waals surface area contributed by atoms with Gasteiger partial charge in [-0.1, -0.05) is 5.16 Å². The Labute approximate surface area is 95.8 Å². The lowest BCUT2D eigenvalue weighted by Crippen LogP contribution is -2.20. The molecule has 0 aliphatic carbocycles. The molecule has 16 heavy (non-hydrogen) atoms. The van der Waals surface area contributed by atoms with E-state index in [-0.39, 0.29) is 5.41 Å². The van der Waals surface area contributed by atoms with Gasteiger partial charge in [0.1, 0.15) is 0 Å². The predicted octanol–water partition coefficient (Wildman–Crippen LogP) is 1.53. The normalized spacial score (nSPS) is 11.3. The third-order valence-electron chi connectivity index (χ3n) is 2.39. The molecule has 1 aromatic heterocycles. The van der Waals surface area contributed by atoms with Gasteiger partial charge in [0, 0.05) is 13.0 Å². The number of nitriles is 1. The van der Waals surface area contributed by atoms with Crippen LogP contribution in [0.25, 0.3) is 0 Å². The van der Waals surface area contributed by atoms with Crippen LogP contribution in [0.2, 0.25) is 0 Å². The molecule has 0 saturated heterocycles. The quantitative estimate of drug-likeness (QED) is 0.708. The molecule has 1 rings (SSSR count). The highest BCUT2D eigenvalue weighted by atomic mass is 16.5. The van der Waals surface area contributed by atoms with Crippen LogP contribution in [0.15, 0.2) is 10.9 Å². The van der Waals surface area contributed by atoms with Gasteiger partial charge in [0.15, 0.2) is 5.82 Å². The Morgan fingerprint density at radius 1 is 1.50 bits per heavy atom. The lowest BCUT2D eigenvalue weighted by Gasteiger charge is -2.14. The van der Waals surface area contributed by atoms with Gasteiger partial charge < -0.3 is 9.84 Å². The van der Waals surface area contributed by atoms with Crippen molar-refractivity contribution in [3.63, 3.8) is 0 Å². The molecule has 0 saturated carbocycles. The van der Waals surface area contributed by atoms with E-state index in [0.717, 1.165) is 38.2 Å². The molecule has 88 valence electrons. The van der Waals surface area contributed by atoms with Crippen LogP contribution in [0.1, 0.15) is 32.5 Å². The first-order valence-electron chi connectivity index (χ1n) is 5.51. The molecule has 0 aliphatic rings. The Kier molecular flexibility index (Phi) is 4.93. The summed E-state index contributed by atoms with van der Waals surface area (Å²) in [6.45, 7) is 5.69. The van der Waals surface area contributed by atoms with Crippen LogP contribution in [-0.4, -0.2) is 23.2 Å². The van der Waals surface area contributed by atoms with Crippen LogP contribution in [-0.2, 0) is 6.42 Å². The molecular formula is C11H18N4O. The third kappa shape index (κ3) is 4.89. The first-order chi connectivity index (χ1) is 7.64. The largest absolute Gasteiger partial charge is 0.343 e. The van der Waals surface area contributed by atoms with Crippen molar-refractivity contribution in [1.29, 1.82) is 5.26 Å². The second-order valence-electron chi connectivity index (χ2n) is 4.45. The fraction of sp³-hybridized carbons (Fsp3) is 0.727. The zero-order chi connectivity index (χ0) is 11.9. The number of rotatable bonds is 7. The Morgan fingerprint density at radius 2 is 2.31 bits per heavy atom. The lowest BCUT2D eigenvalue weighted by atomic mass is 9.90. The molecule has 0 fully saturated rings. The second-order valence-corrected chi connectivity index (χ2v) is 4.45. The molecular weight excluding hydrogens is 204 g/mol. The minimum atomic E-state index is -0.213. The first-order valence-corrected chi connectivity index (χ1v) is 5.51. The van der Waals surface area contributed by atoms with E-state index in [4.69, 9.17) is 5.26 Å². The van der Waals surface area contributed by atoms with E-state index in [1.807, 2.05) is 13.8 Å². The highest BCUT2D eigenvalue weighted by Crippen LogP contribution is 2.19. The number of nitrogens with zero attached hydrogens (tertiary/aromatic N) is 3. The van der Waals surface area contributed by atoms with Crippen molar-refractivity contribution >= 4 is 0 Å². The second kappa shape index (κ2) is 6.23. The average molecular weight is 222 g/mol. The zero-order valence-corrected chi connectivity index (χ0v) is 9.86. The minimum Gasteiger partial charge on any atom is -0.343 e. The molecule has 0 amide bonds. The summed E-state index contributed by atoms with van der Waals surface area (Å²) in [6.07, 6.45) is 4.04. The number of hydrogen-bond acceptors (Lipinski definition) is 5. The fourth-order valence-electron chi connectivity index (χ4n) is 1.34. The number of aromatic nitrogens is 2. The Balaban J connectivity index is 1.99. The van der Waals surface area contributed by atoms with E-state index in [2.05, 4.69) is 26.0 Å². The zero-order valence-electron chi connectivity index (χ0n) is 9.86. The van der Waals surface area contributed by atoms with Crippen LogP contribution < -0.4 is 5.32 Å². The summed E-state index contributed by atoms with van der Waals surface area (Å²) in [5.74, 6) is 0.727. The standard InChI is InChI=1S/C11H18N4O/c1-11(2,8-12)5-3-6-13-7-4-10-14-9-16-15-10/h9,13H,3-7H2,1-2H3. The molecule has 1 aromatic rings. The third-order valence-corrected chi connectivity index (χ3v) is 2.39. The van der Waals surface area contributed by atoms with Gasteiger partial charge in [-0.25, -0.2) is 0 Å². The fourth-order valence-corrected chi connectivity index (χ4v) is 1.34. The summed E-state index contributed by atoms with van der Waals surface area (Å²) in [5.41, 5.74) is -0.213. The van der Waals surface area contributed by atoms with Gasteiger partial charge in [0.25, 0.3) is 0 Å². The maximum absolute atomic E-state index is 8.82. The molecule has 0 unspecified atom stereocenters. The minimum absolute atomic E-state index is 0.213. The van der Waals surface area contributed by atoms with Crippen LogP contribution in [0.4, 0.5) is 0 Å². The molecule has 0 aromatic carbocycles. The van der Waals surface area contributed by atoms with Crippen molar-refractivity contribution in [3.05, 3.63) is 12.2 Å². The topological polar surface area (TPSA) is 74.7 Å². The predicted molar refractivity (Wildman–Crippen MR) is 59.5 cm³/mol. The van der Waals surface area contributed by atoms with E-state index in [1.54, 1.807) is 0 Å². The SMILES string of the molecule is CC(C)(C#N)CCCNCCc1ncon1. The highest BCUT2D eigenvalue weighted by Gasteiger charge is 2.15. The van der Waals surface area contributed by atoms with Gasteiger partial charge in [-0.05, 0) is 33.2 Å². The maximum Gasteiger partial charge on any atom is 0.213 e. The van der Waals surface area contributed by atoms with Gasteiger partial charge in [-0.3, -0.25) is 0 Å². The van der Waals surface area contributed by atoms with E-state index >= 15 is 0 Å². The van der Waals surface area contributed by atoms with Crippen molar-refractivity contribution in [2.45, 2.75) is 33.1 Å². The van der Waals surface area contributed by atoms with E-state index in [1.165, 1.54) is 6.39 Å². The molecule has 0 atom stereocenters. The number of hydrogen-bond donors (Lipinski definition) is 1. The van der Waals surface area contributed by atoms with Crippen molar-refractivity contribution in [2.24, 2.45) is 5.41 Å². The van der Waals surface area contributed by atoms with Gasteiger partial charge in [-0.15, -0.1) is 0 Å². The van der Waals surface area contributed by atoms with Crippen molar-refractivity contribution in [1.82, 2.24) is 15.5 Å². The van der Waals surface area contributed by atoms with Crippen molar-refractivity contribution < 1.29 is 4.52 Å². The van der Waals surface area contributed by atoms with Crippen molar-refractivity contribution in [2.75, 3.05) is 13.1 Å². The smallest absolute Gasteiger partial charge is 0.213 e. The van der Waals surface area contributed by atoms with Crippen molar-refractivity contribution in [3.8, 4) is 6.07 Å². The number of nitrogens with one attached hydrogen (secondary N) is 1. The van der Waals surface area contributed by atoms with Crippen LogP contribution in [0.5, 0.6) is 0 Å². The summed E-state index contributed by atoms with van der Waals surface area (Å²) in [4.78, 5) is 3.93. The van der Waals surface area contributed by atoms with E-state index in [9.17, 15) is 0 Å². The Morgan fingerprint density at radius 3 is 2.94 bits per heavy atom. The lowest BCUT2D eigenvalue weighted by molar-refractivity contribution is 0.407. The first kappa shape index (κ1) is 12.7. The van der Waals surface area contributed by atoms with Crippen LogP contribution in [0, 0.1) is 16.7 Å². The summed E-state index contributed by atoms with van der Waals surface area (Å²) < 4.78 is 4.63. The highest BCUT2D eigenvalue weighted by molar-refractivity contribution is 4.91. The summed E-state index contributed by atoms with van der Waals surface area (Å²) >= 11 is 0.